The van der Waals surface area contributed by atoms with Crippen molar-refractivity contribution in [1.82, 2.24) is 5.32 Å². The molecule has 2 fully saturated rings. The highest BCUT2D eigenvalue weighted by atomic mass is 79.9. The number of halogens is 1. The minimum absolute atomic E-state index is 0.0532. The van der Waals surface area contributed by atoms with Crippen LogP contribution in [0.5, 0.6) is 0 Å². The number of nitrogens with one attached hydrogen (secondary N) is 2. The van der Waals surface area contributed by atoms with Crippen LogP contribution < -0.4 is 10.6 Å². The maximum atomic E-state index is 12.9. The molecular formula is C24H27BrN2O. The zero-order valence-corrected chi connectivity index (χ0v) is 18.1. The second kappa shape index (κ2) is 6.70. The van der Waals surface area contributed by atoms with E-state index >= 15 is 0 Å². The summed E-state index contributed by atoms with van der Waals surface area (Å²) in [6, 6.07) is 13.4. The molecule has 1 amide bonds. The van der Waals surface area contributed by atoms with Crippen LogP contribution in [0.3, 0.4) is 0 Å². The van der Waals surface area contributed by atoms with Gasteiger partial charge in [-0.1, -0.05) is 54.8 Å². The Bertz CT molecular complexity index is 938. The Labute approximate surface area is 175 Å². The van der Waals surface area contributed by atoms with Crippen molar-refractivity contribution in [3.05, 3.63) is 52.0 Å². The Hall–Kier alpha value is -1.65. The van der Waals surface area contributed by atoms with Crippen molar-refractivity contribution < 1.29 is 4.79 Å². The molecule has 0 bridgehead atoms. The van der Waals surface area contributed by atoms with E-state index in [1.165, 1.54) is 47.9 Å². The topological polar surface area (TPSA) is 41.1 Å². The van der Waals surface area contributed by atoms with Gasteiger partial charge in [-0.05, 0) is 71.7 Å². The van der Waals surface area contributed by atoms with Gasteiger partial charge in [-0.25, -0.2) is 0 Å². The molecule has 0 unspecified atom stereocenters. The van der Waals surface area contributed by atoms with Gasteiger partial charge in [0.1, 0.15) is 0 Å². The molecule has 3 aliphatic rings. The standard InChI is InChI=1S/C24H27BrN2O/c1-24(2)19-12-15(25)7-9-17(19)18-10-8-16(13-20(18)24)26-23(28)22-11-14-5-3-4-6-21(14)27-22/h7-10,12-14,21-22,27H,3-6,11H2,1-2H3,(H,26,28)/t14-,21-,22-/m0/s1. The number of carbonyl (C=O) groups is 1. The number of benzene rings is 2. The van der Waals surface area contributed by atoms with Gasteiger partial charge in [0.25, 0.3) is 0 Å². The summed E-state index contributed by atoms with van der Waals surface area (Å²) in [5.41, 5.74) is 6.02. The minimum Gasteiger partial charge on any atom is -0.325 e. The first-order valence-corrected chi connectivity index (χ1v) is 11.2. The summed E-state index contributed by atoms with van der Waals surface area (Å²) in [7, 11) is 0. The third-order valence-electron chi connectivity index (χ3n) is 7.08. The molecule has 2 aliphatic carbocycles. The van der Waals surface area contributed by atoms with Crippen molar-refractivity contribution in [2.75, 3.05) is 5.32 Å². The minimum atomic E-state index is -0.0737. The number of fused-ring (bicyclic) bond motifs is 4. The molecule has 4 heteroatoms. The van der Waals surface area contributed by atoms with Crippen molar-refractivity contribution in [2.24, 2.45) is 5.92 Å². The quantitative estimate of drug-likeness (QED) is 0.638. The summed E-state index contributed by atoms with van der Waals surface area (Å²) >= 11 is 3.61. The summed E-state index contributed by atoms with van der Waals surface area (Å²) in [4.78, 5) is 12.9. The molecule has 2 N–H and O–H groups in total. The fraction of sp³-hybridized carbons (Fsp3) is 0.458. The van der Waals surface area contributed by atoms with E-state index in [4.69, 9.17) is 0 Å². The molecule has 0 radical (unpaired) electrons. The fourth-order valence-electron chi connectivity index (χ4n) is 5.54. The second-order valence-corrected chi connectivity index (χ2v) is 10.1. The van der Waals surface area contributed by atoms with Gasteiger partial charge in [-0.3, -0.25) is 4.79 Å². The van der Waals surface area contributed by atoms with Crippen LogP contribution in [0.2, 0.25) is 0 Å². The molecule has 0 spiro atoms. The van der Waals surface area contributed by atoms with Crippen molar-refractivity contribution in [2.45, 2.75) is 63.5 Å². The average molecular weight is 439 g/mol. The average Bonchev–Trinajstić information content (AvgIpc) is 3.20. The smallest absolute Gasteiger partial charge is 0.241 e. The number of hydrogen-bond donors (Lipinski definition) is 2. The van der Waals surface area contributed by atoms with Crippen LogP contribution in [0.15, 0.2) is 40.9 Å². The molecule has 5 rings (SSSR count). The molecule has 28 heavy (non-hydrogen) atoms. The molecular weight excluding hydrogens is 412 g/mol. The van der Waals surface area contributed by atoms with E-state index in [9.17, 15) is 4.79 Å². The largest absolute Gasteiger partial charge is 0.325 e. The number of amides is 1. The molecule has 3 atom stereocenters. The number of hydrogen-bond acceptors (Lipinski definition) is 2. The van der Waals surface area contributed by atoms with E-state index in [1.807, 2.05) is 6.07 Å². The van der Waals surface area contributed by atoms with E-state index in [0.717, 1.165) is 16.6 Å². The maximum Gasteiger partial charge on any atom is 0.241 e. The van der Waals surface area contributed by atoms with Crippen molar-refractivity contribution in [3.8, 4) is 11.1 Å². The second-order valence-electron chi connectivity index (χ2n) is 9.17. The van der Waals surface area contributed by atoms with Crippen LogP contribution in [0.25, 0.3) is 11.1 Å². The van der Waals surface area contributed by atoms with Crippen LogP contribution in [0.4, 0.5) is 5.69 Å². The summed E-state index contributed by atoms with van der Waals surface area (Å²) in [6.45, 7) is 4.53. The van der Waals surface area contributed by atoms with Gasteiger partial charge in [0, 0.05) is 21.6 Å². The molecule has 146 valence electrons. The Morgan fingerprint density at radius 2 is 1.79 bits per heavy atom. The van der Waals surface area contributed by atoms with Gasteiger partial charge in [-0.2, -0.15) is 0 Å². The molecule has 1 saturated heterocycles. The van der Waals surface area contributed by atoms with Crippen LogP contribution >= 0.6 is 15.9 Å². The Balaban J connectivity index is 1.38. The summed E-state index contributed by atoms with van der Waals surface area (Å²) < 4.78 is 1.11. The molecule has 1 saturated carbocycles. The van der Waals surface area contributed by atoms with Crippen molar-refractivity contribution >= 4 is 27.5 Å². The maximum absolute atomic E-state index is 12.9. The third kappa shape index (κ3) is 2.93. The molecule has 2 aromatic rings. The summed E-state index contributed by atoms with van der Waals surface area (Å²) in [5.74, 6) is 0.793. The zero-order chi connectivity index (χ0) is 19.5. The Morgan fingerprint density at radius 3 is 2.57 bits per heavy atom. The van der Waals surface area contributed by atoms with Gasteiger partial charge in [0.2, 0.25) is 5.91 Å². The zero-order valence-electron chi connectivity index (χ0n) is 16.5. The lowest BCUT2D eigenvalue weighted by molar-refractivity contribution is -0.117. The van der Waals surface area contributed by atoms with Crippen LogP contribution in [0, 0.1) is 5.92 Å². The molecule has 1 heterocycles. The first-order valence-electron chi connectivity index (χ1n) is 10.5. The molecule has 1 aliphatic heterocycles. The lowest BCUT2D eigenvalue weighted by Crippen LogP contribution is -2.39. The summed E-state index contributed by atoms with van der Waals surface area (Å²) in [6.07, 6.45) is 6.07. The predicted molar refractivity (Wildman–Crippen MR) is 118 cm³/mol. The molecule has 2 aromatic carbocycles. The number of rotatable bonds is 2. The highest BCUT2D eigenvalue weighted by Gasteiger charge is 2.39. The van der Waals surface area contributed by atoms with Crippen LogP contribution in [-0.4, -0.2) is 18.0 Å². The lowest BCUT2D eigenvalue weighted by Gasteiger charge is -2.24. The van der Waals surface area contributed by atoms with Gasteiger partial charge in [0.05, 0.1) is 6.04 Å². The first kappa shape index (κ1) is 18.4. The van der Waals surface area contributed by atoms with E-state index in [-0.39, 0.29) is 17.4 Å². The highest BCUT2D eigenvalue weighted by molar-refractivity contribution is 9.10. The van der Waals surface area contributed by atoms with Crippen LogP contribution in [-0.2, 0) is 10.2 Å². The Morgan fingerprint density at radius 1 is 1.07 bits per heavy atom. The van der Waals surface area contributed by atoms with Gasteiger partial charge in [0.15, 0.2) is 0 Å². The number of carbonyl (C=O) groups excluding carboxylic acids is 1. The normalized spacial score (nSPS) is 27.0. The molecule has 0 aromatic heterocycles. The van der Waals surface area contributed by atoms with Gasteiger partial charge >= 0.3 is 0 Å². The van der Waals surface area contributed by atoms with Crippen molar-refractivity contribution in [3.63, 3.8) is 0 Å². The van der Waals surface area contributed by atoms with Crippen molar-refractivity contribution in [1.29, 1.82) is 0 Å². The van der Waals surface area contributed by atoms with E-state index < -0.39 is 0 Å². The van der Waals surface area contributed by atoms with E-state index in [1.54, 1.807) is 0 Å². The Kier molecular flexibility index (Phi) is 4.40. The third-order valence-corrected chi connectivity index (χ3v) is 7.58. The summed E-state index contributed by atoms with van der Waals surface area (Å²) in [5, 5.41) is 6.77. The van der Waals surface area contributed by atoms with Gasteiger partial charge in [-0.15, -0.1) is 0 Å². The van der Waals surface area contributed by atoms with Crippen LogP contribution in [0.1, 0.15) is 57.1 Å². The SMILES string of the molecule is CC1(C)c2cc(Br)ccc2-c2ccc(NC(=O)[C@@H]3C[C@@H]4CCCC[C@@H]4N3)cc21. The van der Waals surface area contributed by atoms with E-state index in [0.29, 0.717) is 12.0 Å². The van der Waals surface area contributed by atoms with E-state index in [2.05, 4.69) is 70.7 Å². The fourth-order valence-corrected chi connectivity index (χ4v) is 5.90. The monoisotopic (exact) mass is 438 g/mol. The highest BCUT2D eigenvalue weighted by Crippen LogP contribution is 2.50. The predicted octanol–water partition coefficient (Wildman–Crippen LogP) is 5.61. The van der Waals surface area contributed by atoms with Gasteiger partial charge < -0.3 is 10.6 Å². The first-order chi connectivity index (χ1) is 13.4. The lowest BCUT2D eigenvalue weighted by atomic mass is 9.82. The number of anilines is 1. The molecule has 3 nitrogen and oxygen atoms in total.